The fourth-order valence-corrected chi connectivity index (χ4v) is 2.90. The van der Waals surface area contributed by atoms with Gasteiger partial charge in [0.05, 0.1) is 5.25 Å². The summed E-state index contributed by atoms with van der Waals surface area (Å²) in [6.45, 7) is 0. The van der Waals surface area contributed by atoms with Gasteiger partial charge in [0, 0.05) is 12.3 Å². The van der Waals surface area contributed by atoms with E-state index in [2.05, 4.69) is 10.2 Å². The largest absolute Gasteiger partial charge is 0.424 e. The van der Waals surface area contributed by atoms with Crippen LogP contribution in [-0.4, -0.2) is 21.8 Å². The molecule has 1 aliphatic rings. The van der Waals surface area contributed by atoms with Crippen LogP contribution < -0.4 is 0 Å². The molecule has 1 aromatic heterocycles. The highest BCUT2D eigenvalue weighted by molar-refractivity contribution is 7.99. The van der Waals surface area contributed by atoms with Crippen molar-refractivity contribution in [1.82, 2.24) is 10.2 Å². The molecule has 14 heavy (non-hydrogen) atoms. The maximum atomic E-state index is 5.60. The van der Waals surface area contributed by atoms with Crippen molar-refractivity contribution in [2.75, 3.05) is 11.6 Å². The standard InChI is InChI=1S/C9H13ClN2OS/c10-5-4-8-11-12-9(13-8)7-3-1-2-6-14-7/h7H,1-6H2. The molecule has 1 atom stereocenters. The van der Waals surface area contributed by atoms with Crippen molar-refractivity contribution < 1.29 is 4.42 Å². The molecule has 0 spiro atoms. The van der Waals surface area contributed by atoms with Crippen LogP contribution >= 0.6 is 23.4 Å². The van der Waals surface area contributed by atoms with Crippen molar-refractivity contribution in [1.29, 1.82) is 0 Å². The highest BCUT2D eigenvalue weighted by Gasteiger charge is 2.21. The predicted octanol–water partition coefficient (Wildman–Crippen LogP) is 2.81. The number of thioether (sulfide) groups is 1. The summed E-state index contributed by atoms with van der Waals surface area (Å²) in [5.41, 5.74) is 0. The molecule has 0 radical (unpaired) electrons. The van der Waals surface area contributed by atoms with Crippen LogP contribution in [-0.2, 0) is 6.42 Å². The number of nitrogens with zero attached hydrogens (tertiary/aromatic N) is 2. The molecule has 3 nitrogen and oxygen atoms in total. The third kappa shape index (κ3) is 2.42. The van der Waals surface area contributed by atoms with Gasteiger partial charge in [0.25, 0.3) is 0 Å². The summed E-state index contributed by atoms with van der Waals surface area (Å²) >= 11 is 7.52. The second-order valence-electron chi connectivity index (χ2n) is 3.33. The van der Waals surface area contributed by atoms with Crippen molar-refractivity contribution in [3.05, 3.63) is 11.8 Å². The van der Waals surface area contributed by atoms with E-state index in [0.717, 1.165) is 12.3 Å². The lowest BCUT2D eigenvalue weighted by Crippen LogP contribution is -2.02. The van der Waals surface area contributed by atoms with E-state index in [-0.39, 0.29) is 0 Å². The highest BCUT2D eigenvalue weighted by atomic mass is 35.5. The van der Waals surface area contributed by atoms with Gasteiger partial charge >= 0.3 is 0 Å². The minimum absolute atomic E-state index is 0.417. The van der Waals surface area contributed by atoms with Crippen LogP contribution in [0.25, 0.3) is 0 Å². The third-order valence-corrected chi connectivity index (χ3v) is 3.80. The fourth-order valence-electron chi connectivity index (χ4n) is 1.51. The van der Waals surface area contributed by atoms with Gasteiger partial charge in [-0.05, 0) is 18.6 Å². The van der Waals surface area contributed by atoms with Crippen LogP contribution in [0, 0.1) is 0 Å². The number of rotatable bonds is 3. The highest BCUT2D eigenvalue weighted by Crippen LogP contribution is 2.37. The van der Waals surface area contributed by atoms with Gasteiger partial charge in [-0.25, -0.2) is 0 Å². The maximum Gasteiger partial charge on any atom is 0.229 e. The van der Waals surface area contributed by atoms with Gasteiger partial charge in [0.1, 0.15) is 0 Å². The molecule has 0 saturated carbocycles. The summed E-state index contributed by atoms with van der Waals surface area (Å²) in [5, 5.41) is 8.45. The Morgan fingerprint density at radius 3 is 3.07 bits per heavy atom. The summed E-state index contributed by atoms with van der Waals surface area (Å²) < 4.78 is 5.54. The summed E-state index contributed by atoms with van der Waals surface area (Å²) in [5.74, 6) is 3.20. The molecular weight excluding hydrogens is 220 g/mol. The SMILES string of the molecule is ClCCc1nnc(C2CCCCS2)o1. The lowest BCUT2D eigenvalue weighted by molar-refractivity contribution is 0.440. The average molecular weight is 233 g/mol. The zero-order valence-electron chi connectivity index (χ0n) is 7.91. The summed E-state index contributed by atoms with van der Waals surface area (Å²) in [6, 6.07) is 0. The first-order chi connectivity index (χ1) is 6.90. The van der Waals surface area contributed by atoms with Crippen LogP contribution in [0.2, 0.25) is 0 Å². The van der Waals surface area contributed by atoms with E-state index in [0.29, 0.717) is 23.4 Å². The Bertz CT molecular complexity index is 286. The molecule has 2 rings (SSSR count). The predicted molar refractivity (Wildman–Crippen MR) is 57.8 cm³/mol. The van der Waals surface area contributed by atoms with Gasteiger partial charge in [-0.3, -0.25) is 0 Å². The second kappa shape index (κ2) is 5.03. The number of hydrogen-bond acceptors (Lipinski definition) is 4. The van der Waals surface area contributed by atoms with Crippen LogP contribution in [0.3, 0.4) is 0 Å². The molecule has 5 heteroatoms. The first-order valence-electron chi connectivity index (χ1n) is 4.90. The number of aryl methyl sites for hydroxylation is 1. The average Bonchev–Trinajstić information content (AvgIpc) is 2.68. The van der Waals surface area contributed by atoms with Crippen molar-refractivity contribution >= 4 is 23.4 Å². The zero-order valence-corrected chi connectivity index (χ0v) is 9.48. The van der Waals surface area contributed by atoms with Crippen molar-refractivity contribution in [3.63, 3.8) is 0 Å². The Morgan fingerprint density at radius 1 is 1.43 bits per heavy atom. The van der Waals surface area contributed by atoms with Crippen LogP contribution in [0.1, 0.15) is 36.3 Å². The minimum atomic E-state index is 0.417. The van der Waals surface area contributed by atoms with Gasteiger partial charge in [0.15, 0.2) is 0 Å². The maximum absolute atomic E-state index is 5.60. The fraction of sp³-hybridized carbons (Fsp3) is 0.778. The van der Waals surface area contributed by atoms with E-state index >= 15 is 0 Å². The first-order valence-corrected chi connectivity index (χ1v) is 6.48. The molecule has 1 saturated heterocycles. The molecule has 78 valence electrons. The normalized spacial score (nSPS) is 22.5. The monoisotopic (exact) mass is 232 g/mol. The van der Waals surface area contributed by atoms with E-state index < -0.39 is 0 Å². The van der Waals surface area contributed by atoms with Crippen LogP contribution in [0.4, 0.5) is 0 Å². The Hall–Kier alpha value is -0.220. The van der Waals surface area contributed by atoms with Crippen LogP contribution in [0.15, 0.2) is 4.42 Å². The molecule has 1 aliphatic heterocycles. The van der Waals surface area contributed by atoms with Crippen LogP contribution in [0.5, 0.6) is 0 Å². The number of aromatic nitrogens is 2. The van der Waals surface area contributed by atoms with E-state index in [9.17, 15) is 0 Å². The third-order valence-electron chi connectivity index (χ3n) is 2.25. The molecule has 2 heterocycles. The Labute approximate surface area is 92.6 Å². The quantitative estimate of drug-likeness (QED) is 0.752. The topological polar surface area (TPSA) is 38.9 Å². The minimum Gasteiger partial charge on any atom is -0.424 e. The summed E-state index contributed by atoms with van der Waals surface area (Å²) in [7, 11) is 0. The van der Waals surface area contributed by atoms with E-state index in [1.54, 1.807) is 0 Å². The van der Waals surface area contributed by atoms with Gasteiger partial charge in [-0.2, -0.15) is 0 Å². The molecule has 1 unspecified atom stereocenters. The molecule has 0 aromatic carbocycles. The summed E-state index contributed by atoms with van der Waals surface area (Å²) in [4.78, 5) is 0. The smallest absolute Gasteiger partial charge is 0.229 e. The van der Waals surface area contributed by atoms with Crippen molar-refractivity contribution in [2.45, 2.75) is 30.9 Å². The van der Waals surface area contributed by atoms with Gasteiger partial charge < -0.3 is 4.42 Å². The molecule has 0 aliphatic carbocycles. The molecule has 0 amide bonds. The number of hydrogen-bond donors (Lipinski definition) is 0. The van der Waals surface area contributed by atoms with Gasteiger partial charge in [0.2, 0.25) is 11.8 Å². The molecule has 0 bridgehead atoms. The lowest BCUT2D eigenvalue weighted by Gasteiger charge is -2.17. The van der Waals surface area contributed by atoms with Crippen molar-refractivity contribution in [2.24, 2.45) is 0 Å². The molecule has 1 aromatic rings. The first kappa shape index (κ1) is 10.3. The number of alkyl halides is 1. The molecular formula is C9H13ClN2OS. The number of halogens is 1. The molecule has 1 fully saturated rings. The van der Waals surface area contributed by atoms with Gasteiger partial charge in [-0.1, -0.05) is 6.42 Å². The van der Waals surface area contributed by atoms with E-state index in [4.69, 9.17) is 16.0 Å². The summed E-state index contributed by atoms with van der Waals surface area (Å²) in [6.07, 6.45) is 4.41. The van der Waals surface area contributed by atoms with E-state index in [1.807, 2.05) is 11.8 Å². The van der Waals surface area contributed by atoms with E-state index in [1.165, 1.54) is 18.6 Å². The van der Waals surface area contributed by atoms with Crippen molar-refractivity contribution in [3.8, 4) is 0 Å². The van der Waals surface area contributed by atoms with Gasteiger partial charge in [-0.15, -0.1) is 33.6 Å². The zero-order chi connectivity index (χ0) is 9.80. The molecule has 0 N–H and O–H groups in total. The lowest BCUT2D eigenvalue weighted by atomic mass is 10.2. The Morgan fingerprint density at radius 2 is 2.36 bits per heavy atom. The second-order valence-corrected chi connectivity index (χ2v) is 5.02. The Kier molecular flexibility index (Phi) is 3.70. The Balaban J connectivity index is 2.00.